The number of hydrogen-bond acceptors (Lipinski definition) is 4. The van der Waals surface area contributed by atoms with Gasteiger partial charge in [0.05, 0.1) is 5.69 Å². The molecule has 100 valence electrons. The minimum Gasteiger partial charge on any atom is -0.453 e. The standard InChI is InChI=1S/C14H12N4O2/c19-14(12-7-4-8-15-12)20-9-13-16-10-17-18(13)11-5-2-1-3-6-11/h1-8,10,15H,9H2. The van der Waals surface area contributed by atoms with Crippen LogP contribution in [0.5, 0.6) is 0 Å². The molecule has 0 amide bonds. The third kappa shape index (κ3) is 2.44. The van der Waals surface area contributed by atoms with Crippen molar-refractivity contribution in [2.45, 2.75) is 6.61 Å². The molecule has 0 saturated heterocycles. The van der Waals surface area contributed by atoms with Crippen LogP contribution < -0.4 is 0 Å². The summed E-state index contributed by atoms with van der Waals surface area (Å²) in [7, 11) is 0. The molecule has 6 nitrogen and oxygen atoms in total. The lowest BCUT2D eigenvalue weighted by atomic mass is 10.3. The SMILES string of the molecule is O=C(OCc1ncnn1-c1ccccc1)c1ccc[nH]1. The molecule has 0 fully saturated rings. The molecule has 1 N–H and O–H groups in total. The van der Waals surface area contributed by atoms with Crippen molar-refractivity contribution < 1.29 is 9.53 Å². The smallest absolute Gasteiger partial charge is 0.355 e. The highest BCUT2D eigenvalue weighted by molar-refractivity contribution is 5.87. The van der Waals surface area contributed by atoms with Crippen LogP contribution in [0, 0.1) is 0 Å². The number of hydrogen-bond donors (Lipinski definition) is 1. The Kier molecular flexibility index (Phi) is 3.28. The number of aromatic amines is 1. The molecule has 3 aromatic rings. The van der Waals surface area contributed by atoms with E-state index in [0.29, 0.717) is 11.5 Å². The quantitative estimate of drug-likeness (QED) is 0.734. The predicted molar refractivity (Wildman–Crippen MR) is 71.3 cm³/mol. The van der Waals surface area contributed by atoms with Crippen LogP contribution in [0.15, 0.2) is 55.0 Å². The lowest BCUT2D eigenvalue weighted by molar-refractivity contribution is 0.0453. The Hall–Kier alpha value is -2.89. The minimum atomic E-state index is -0.419. The van der Waals surface area contributed by atoms with Crippen LogP contribution in [0.3, 0.4) is 0 Å². The van der Waals surface area contributed by atoms with Crippen molar-refractivity contribution in [3.8, 4) is 5.69 Å². The summed E-state index contributed by atoms with van der Waals surface area (Å²) in [4.78, 5) is 18.6. The zero-order valence-electron chi connectivity index (χ0n) is 10.6. The van der Waals surface area contributed by atoms with Gasteiger partial charge in [-0.05, 0) is 24.3 Å². The number of benzene rings is 1. The molecule has 0 unspecified atom stereocenters. The van der Waals surface area contributed by atoms with Crippen molar-refractivity contribution in [2.75, 3.05) is 0 Å². The van der Waals surface area contributed by atoms with Crippen molar-refractivity contribution in [1.82, 2.24) is 19.7 Å². The van der Waals surface area contributed by atoms with Gasteiger partial charge in [-0.3, -0.25) is 0 Å². The zero-order chi connectivity index (χ0) is 13.8. The molecule has 0 aliphatic rings. The van der Waals surface area contributed by atoms with E-state index in [9.17, 15) is 4.79 Å². The van der Waals surface area contributed by atoms with Gasteiger partial charge < -0.3 is 9.72 Å². The minimum absolute atomic E-state index is 0.0622. The Morgan fingerprint density at radius 1 is 1.20 bits per heavy atom. The molecule has 0 spiro atoms. The predicted octanol–water partition coefficient (Wildman–Crippen LogP) is 1.95. The van der Waals surface area contributed by atoms with Gasteiger partial charge >= 0.3 is 5.97 Å². The van der Waals surface area contributed by atoms with Crippen LogP contribution >= 0.6 is 0 Å². The first-order chi connectivity index (χ1) is 9.84. The van der Waals surface area contributed by atoms with Crippen molar-refractivity contribution in [1.29, 1.82) is 0 Å². The number of aromatic nitrogens is 4. The van der Waals surface area contributed by atoms with Gasteiger partial charge in [0.2, 0.25) is 0 Å². The number of H-pyrrole nitrogens is 1. The van der Waals surface area contributed by atoms with E-state index in [1.165, 1.54) is 6.33 Å². The van der Waals surface area contributed by atoms with E-state index in [1.807, 2.05) is 30.3 Å². The zero-order valence-corrected chi connectivity index (χ0v) is 10.6. The third-order valence-electron chi connectivity index (χ3n) is 2.77. The highest BCUT2D eigenvalue weighted by Crippen LogP contribution is 2.09. The van der Waals surface area contributed by atoms with Crippen LogP contribution in [-0.2, 0) is 11.3 Å². The number of esters is 1. The molecule has 0 aliphatic heterocycles. The largest absolute Gasteiger partial charge is 0.453 e. The van der Waals surface area contributed by atoms with Crippen molar-refractivity contribution in [2.24, 2.45) is 0 Å². The van der Waals surface area contributed by atoms with Gasteiger partial charge in [0, 0.05) is 6.20 Å². The Morgan fingerprint density at radius 2 is 2.05 bits per heavy atom. The average Bonchev–Trinajstić information content (AvgIpc) is 3.17. The Labute approximate surface area is 115 Å². The Morgan fingerprint density at radius 3 is 2.80 bits per heavy atom. The number of rotatable bonds is 4. The number of nitrogens with one attached hydrogen (secondary N) is 1. The van der Waals surface area contributed by atoms with E-state index >= 15 is 0 Å². The second-order valence-electron chi connectivity index (χ2n) is 4.08. The fourth-order valence-electron chi connectivity index (χ4n) is 1.81. The highest BCUT2D eigenvalue weighted by Gasteiger charge is 2.11. The van der Waals surface area contributed by atoms with Crippen LogP contribution in [0.1, 0.15) is 16.3 Å². The van der Waals surface area contributed by atoms with E-state index in [2.05, 4.69) is 15.1 Å². The molecule has 2 heterocycles. The molecule has 0 atom stereocenters. The first kappa shape index (κ1) is 12.2. The highest BCUT2D eigenvalue weighted by atomic mass is 16.5. The summed E-state index contributed by atoms with van der Waals surface area (Å²) in [5, 5.41) is 4.13. The van der Waals surface area contributed by atoms with Gasteiger partial charge in [0.25, 0.3) is 0 Å². The molecule has 2 aromatic heterocycles. The molecule has 1 aromatic carbocycles. The van der Waals surface area contributed by atoms with Crippen molar-refractivity contribution >= 4 is 5.97 Å². The summed E-state index contributed by atoms with van der Waals surface area (Å²) < 4.78 is 6.84. The van der Waals surface area contributed by atoms with E-state index in [1.54, 1.807) is 23.0 Å². The first-order valence-electron chi connectivity index (χ1n) is 6.09. The maximum atomic E-state index is 11.7. The van der Waals surface area contributed by atoms with Gasteiger partial charge in [-0.2, -0.15) is 5.10 Å². The molecule has 0 aliphatic carbocycles. The first-order valence-corrected chi connectivity index (χ1v) is 6.09. The third-order valence-corrected chi connectivity index (χ3v) is 2.77. The van der Waals surface area contributed by atoms with Crippen LogP contribution in [0.4, 0.5) is 0 Å². The van der Waals surface area contributed by atoms with Crippen LogP contribution in [0.2, 0.25) is 0 Å². The molecule has 0 bridgehead atoms. The van der Waals surface area contributed by atoms with Gasteiger partial charge in [-0.1, -0.05) is 18.2 Å². The van der Waals surface area contributed by atoms with Crippen molar-refractivity contribution in [3.05, 3.63) is 66.5 Å². The summed E-state index contributed by atoms with van der Waals surface area (Å²) >= 11 is 0. The van der Waals surface area contributed by atoms with Gasteiger partial charge in [-0.15, -0.1) is 0 Å². The van der Waals surface area contributed by atoms with Gasteiger partial charge in [0.1, 0.15) is 12.0 Å². The Balaban J connectivity index is 1.73. The van der Waals surface area contributed by atoms with Gasteiger partial charge in [-0.25, -0.2) is 14.5 Å². The van der Waals surface area contributed by atoms with Crippen molar-refractivity contribution in [3.63, 3.8) is 0 Å². The molecule has 20 heavy (non-hydrogen) atoms. The number of carbonyl (C=O) groups excluding carboxylic acids is 1. The number of carbonyl (C=O) groups is 1. The maximum Gasteiger partial charge on any atom is 0.355 e. The fraction of sp³-hybridized carbons (Fsp3) is 0.0714. The van der Waals surface area contributed by atoms with Crippen LogP contribution in [0.25, 0.3) is 5.69 Å². The van der Waals surface area contributed by atoms with E-state index in [4.69, 9.17) is 4.74 Å². The Bertz CT molecular complexity index is 689. The molecule has 6 heteroatoms. The molecule has 0 radical (unpaired) electrons. The normalized spacial score (nSPS) is 10.4. The summed E-state index contributed by atoms with van der Waals surface area (Å²) in [6.45, 7) is 0.0622. The molecule has 0 saturated carbocycles. The fourth-order valence-corrected chi connectivity index (χ4v) is 1.81. The number of nitrogens with zero attached hydrogens (tertiary/aromatic N) is 3. The molecular weight excluding hydrogens is 256 g/mol. The number of para-hydroxylation sites is 1. The summed E-state index contributed by atoms with van der Waals surface area (Å²) in [6.07, 6.45) is 3.11. The van der Waals surface area contributed by atoms with E-state index in [0.717, 1.165) is 5.69 Å². The van der Waals surface area contributed by atoms with Gasteiger partial charge in [0.15, 0.2) is 12.4 Å². The topological polar surface area (TPSA) is 72.8 Å². The van der Waals surface area contributed by atoms with E-state index < -0.39 is 5.97 Å². The average molecular weight is 268 g/mol. The van der Waals surface area contributed by atoms with Crippen LogP contribution in [-0.4, -0.2) is 25.7 Å². The summed E-state index contributed by atoms with van der Waals surface area (Å²) in [5.41, 5.74) is 1.28. The lowest BCUT2D eigenvalue weighted by Gasteiger charge is -2.06. The molecular formula is C14H12N4O2. The number of ether oxygens (including phenoxy) is 1. The lowest BCUT2D eigenvalue weighted by Crippen LogP contribution is -2.10. The monoisotopic (exact) mass is 268 g/mol. The second kappa shape index (κ2) is 5.40. The summed E-state index contributed by atoms with van der Waals surface area (Å²) in [5.74, 6) is 0.147. The maximum absolute atomic E-state index is 11.7. The second-order valence-corrected chi connectivity index (χ2v) is 4.08. The van der Waals surface area contributed by atoms with E-state index in [-0.39, 0.29) is 6.61 Å². The molecule has 3 rings (SSSR count). The summed E-state index contributed by atoms with van der Waals surface area (Å²) in [6, 6.07) is 13.0.